The predicted molar refractivity (Wildman–Crippen MR) is 75.8 cm³/mol. The molecule has 0 saturated heterocycles. The van der Waals surface area contributed by atoms with Crippen molar-refractivity contribution in [1.29, 1.82) is 0 Å². The van der Waals surface area contributed by atoms with Crippen molar-refractivity contribution in [3.63, 3.8) is 0 Å². The van der Waals surface area contributed by atoms with Crippen molar-refractivity contribution in [2.24, 2.45) is 17.6 Å². The molecule has 3 unspecified atom stereocenters. The fourth-order valence-electron chi connectivity index (χ4n) is 2.63. The first-order valence-corrected chi connectivity index (χ1v) is 7.20. The van der Waals surface area contributed by atoms with Crippen LogP contribution in [0.25, 0.3) is 0 Å². The Morgan fingerprint density at radius 2 is 2.00 bits per heavy atom. The Labute approximate surface area is 119 Å². The van der Waals surface area contributed by atoms with E-state index in [0.29, 0.717) is 13.0 Å². The van der Waals surface area contributed by atoms with E-state index in [0.717, 1.165) is 19.3 Å². The third-order valence-electron chi connectivity index (χ3n) is 3.92. The van der Waals surface area contributed by atoms with Crippen LogP contribution in [0.15, 0.2) is 0 Å². The van der Waals surface area contributed by atoms with Gasteiger partial charge < -0.3 is 16.4 Å². The minimum atomic E-state index is -0.144. The Hall–Kier alpha value is -1.43. The molecule has 0 aromatic rings. The minimum absolute atomic E-state index is 0.00223. The molecular formula is C14H25N3O3. The van der Waals surface area contributed by atoms with Gasteiger partial charge >= 0.3 is 0 Å². The van der Waals surface area contributed by atoms with Crippen molar-refractivity contribution in [2.45, 2.75) is 45.6 Å². The van der Waals surface area contributed by atoms with Crippen molar-refractivity contribution < 1.29 is 14.4 Å². The molecule has 0 aliphatic heterocycles. The van der Waals surface area contributed by atoms with E-state index in [1.54, 1.807) is 0 Å². The number of nitrogens with two attached hydrogens (primary N) is 1. The van der Waals surface area contributed by atoms with Crippen LogP contribution in [0.1, 0.15) is 39.5 Å². The molecule has 1 fully saturated rings. The molecule has 6 heteroatoms. The first-order valence-electron chi connectivity index (χ1n) is 7.20. The minimum Gasteiger partial charge on any atom is -0.355 e. The van der Waals surface area contributed by atoms with Gasteiger partial charge in [0.1, 0.15) is 5.78 Å². The molecule has 0 spiro atoms. The first-order chi connectivity index (χ1) is 9.43. The average molecular weight is 283 g/mol. The van der Waals surface area contributed by atoms with Gasteiger partial charge in [0.2, 0.25) is 11.8 Å². The molecular weight excluding hydrogens is 258 g/mol. The Kier molecular flexibility index (Phi) is 6.64. The van der Waals surface area contributed by atoms with Crippen molar-refractivity contribution in [1.82, 2.24) is 10.6 Å². The molecule has 2 amide bonds. The molecule has 1 saturated carbocycles. The number of rotatable bonds is 7. The predicted octanol–water partition coefficient (Wildman–Crippen LogP) is -0.0386. The van der Waals surface area contributed by atoms with Gasteiger partial charge in [0.05, 0.1) is 6.54 Å². The quantitative estimate of drug-likeness (QED) is 0.610. The Balaban J connectivity index is 2.33. The maximum atomic E-state index is 12.0. The summed E-state index contributed by atoms with van der Waals surface area (Å²) in [6.45, 7) is 3.82. The summed E-state index contributed by atoms with van der Waals surface area (Å²) in [5.74, 6) is 0.0942. The third-order valence-corrected chi connectivity index (χ3v) is 3.92. The van der Waals surface area contributed by atoms with Gasteiger partial charge in [-0.15, -0.1) is 0 Å². The van der Waals surface area contributed by atoms with Gasteiger partial charge in [-0.3, -0.25) is 14.4 Å². The number of nitrogens with one attached hydrogen (secondary N) is 2. The second-order valence-corrected chi connectivity index (χ2v) is 5.57. The standard InChI is InChI=1S/C14H25N3O3/c1-9(18)5-6-16-14(20)10(2)11-3-4-12(7-11)17-13(19)8-15/h10-12H,3-8,15H2,1-2H3,(H,16,20)(H,17,19). The maximum Gasteiger partial charge on any atom is 0.233 e. The van der Waals surface area contributed by atoms with Crippen LogP contribution in [0.5, 0.6) is 0 Å². The van der Waals surface area contributed by atoms with Gasteiger partial charge in [0.15, 0.2) is 0 Å². The fraction of sp³-hybridized carbons (Fsp3) is 0.786. The summed E-state index contributed by atoms with van der Waals surface area (Å²) in [7, 11) is 0. The van der Waals surface area contributed by atoms with Gasteiger partial charge in [-0.05, 0) is 32.1 Å². The number of Topliss-reactive ketones (excluding diaryl/α,β-unsaturated/α-hetero) is 1. The number of carbonyl (C=O) groups is 3. The van der Waals surface area contributed by atoms with E-state index in [1.165, 1.54) is 6.92 Å². The molecule has 1 aliphatic carbocycles. The molecule has 114 valence electrons. The molecule has 20 heavy (non-hydrogen) atoms. The molecule has 4 N–H and O–H groups in total. The highest BCUT2D eigenvalue weighted by atomic mass is 16.2. The summed E-state index contributed by atoms with van der Waals surface area (Å²) in [5.41, 5.74) is 5.27. The normalized spacial score (nSPS) is 23.1. The van der Waals surface area contributed by atoms with Crippen LogP contribution in [0.3, 0.4) is 0 Å². The molecule has 0 aromatic heterocycles. The summed E-state index contributed by atoms with van der Waals surface area (Å²) >= 11 is 0. The smallest absolute Gasteiger partial charge is 0.233 e. The van der Waals surface area contributed by atoms with E-state index < -0.39 is 0 Å². The van der Waals surface area contributed by atoms with Crippen molar-refractivity contribution >= 4 is 17.6 Å². The first kappa shape index (κ1) is 16.6. The second kappa shape index (κ2) is 7.99. The number of amides is 2. The van der Waals surface area contributed by atoms with Crippen LogP contribution >= 0.6 is 0 Å². The van der Waals surface area contributed by atoms with E-state index in [4.69, 9.17) is 5.73 Å². The van der Waals surface area contributed by atoms with Gasteiger partial charge in [0.25, 0.3) is 0 Å². The third kappa shape index (κ3) is 5.28. The monoisotopic (exact) mass is 283 g/mol. The van der Waals surface area contributed by atoms with Crippen LogP contribution < -0.4 is 16.4 Å². The zero-order valence-corrected chi connectivity index (χ0v) is 12.3. The van der Waals surface area contributed by atoms with Crippen LogP contribution in [-0.4, -0.2) is 36.7 Å². The highest BCUT2D eigenvalue weighted by molar-refractivity contribution is 5.80. The van der Waals surface area contributed by atoms with Crippen molar-refractivity contribution in [3.8, 4) is 0 Å². The molecule has 3 atom stereocenters. The molecule has 0 radical (unpaired) electrons. The zero-order valence-electron chi connectivity index (χ0n) is 12.3. The zero-order chi connectivity index (χ0) is 15.1. The molecule has 6 nitrogen and oxygen atoms in total. The molecule has 0 bridgehead atoms. The Morgan fingerprint density at radius 1 is 1.30 bits per heavy atom. The van der Waals surface area contributed by atoms with Gasteiger partial charge in [-0.25, -0.2) is 0 Å². The van der Waals surface area contributed by atoms with Gasteiger partial charge in [-0.2, -0.15) is 0 Å². The van der Waals surface area contributed by atoms with E-state index >= 15 is 0 Å². The van der Waals surface area contributed by atoms with Crippen LogP contribution in [-0.2, 0) is 14.4 Å². The number of hydrogen-bond donors (Lipinski definition) is 3. The molecule has 0 aromatic carbocycles. The number of ketones is 1. The Morgan fingerprint density at radius 3 is 2.60 bits per heavy atom. The highest BCUT2D eigenvalue weighted by Gasteiger charge is 2.32. The van der Waals surface area contributed by atoms with E-state index in [9.17, 15) is 14.4 Å². The SMILES string of the molecule is CC(=O)CCNC(=O)C(C)C1CCC(NC(=O)CN)C1. The van der Waals surface area contributed by atoms with Crippen LogP contribution in [0.4, 0.5) is 0 Å². The second-order valence-electron chi connectivity index (χ2n) is 5.57. The lowest BCUT2D eigenvalue weighted by Crippen LogP contribution is -2.38. The molecule has 1 rings (SSSR count). The van der Waals surface area contributed by atoms with Crippen molar-refractivity contribution in [3.05, 3.63) is 0 Å². The summed E-state index contributed by atoms with van der Waals surface area (Å²) in [6.07, 6.45) is 3.00. The lowest BCUT2D eigenvalue weighted by molar-refractivity contribution is -0.126. The molecule has 1 aliphatic rings. The highest BCUT2D eigenvalue weighted by Crippen LogP contribution is 2.31. The maximum absolute atomic E-state index is 12.0. The Bertz CT molecular complexity index is 371. The number of carbonyl (C=O) groups excluding carboxylic acids is 3. The van der Waals surface area contributed by atoms with E-state index in [-0.39, 0.29) is 42.0 Å². The topological polar surface area (TPSA) is 101 Å². The van der Waals surface area contributed by atoms with Gasteiger partial charge in [-0.1, -0.05) is 6.92 Å². The molecule has 0 heterocycles. The summed E-state index contributed by atoms with van der Waals surface area (Å²) in [6, 6.07) is 0.128. The lowest BCUT2D eigenvalue weighted by atomic mass is 9.91. The fourth-order valence-corrected chi connectivity index (χ4v) is 2.63. The van der Waals surface area contributed by atoms with E-state index in [1.807, 2.05) is 6.92 Å². The van der Waals surface area contributed by atoms with Crippen LogP contribution in [0, 0.1) is 11.8 Å². The van der Waals surface area contributed by atoms with Crippen molar-refractivity contribution in [2.75, 3.05) is 13.1 Å². The van der Waals surface area contributed by atoms with Gasteiger partial charge in [0, 0.05) is 24.9 Å². The summed E-state index contributed by atoms with van der Waals surface area (Å²) in [4.78, 5) is 34.0. The summed E-state index contributed by atoms with van der Waals surface area (Å²) in [5, 5.41) is 5.66. The average Bonchev–Trinajstić information content (AvgIpc) is 2.85. The van der Waals surface area contributed by atoms with Crippen LogP contribution in [0.2, 0.25) is 0 Å². The number of hydrogen-bond acceptors (Lipinski definition) is 4. The largest absolute Gasteiger partial charge is 0.355 e. The summed E-state index contributed by atoms with van der Waals surface area (Å²) < 4.78 is 0. The lowest BCUT2D eigenvalue weighted by Gasteiger charge is -2.19. The van der Waals surface area contributed by atoms with E-state index in [2.05, 4.69) is 10.6 Å².